The molecular formula is C6H4ClN. The third-order valence-electron chi connectivity index (χ3n) is 0.734. The van der Waals surface area contributed by atoms with E-state index in [9.17, 15) is 0 Å². The summed E-state index contributed by atoms with van der Waals surface area (Å²) in [5.41, 5.74) is 0.953. The lowest BCUT2D eigenvalue weighted by atomic mass is 10.4. The molecule has 8 heavy (non-hydrogen) atoms. The van der Waals surface area contributed by atoms with Gasteiger partial charge in [0.25, 0.3) is 0 Å². The highest BCUT2D eigenvalue weighted by Crippen LogP contribution is 1.96. The zero-order valence-electron chi connectivity index (χ0n) is 4.40. The van der Waals surface area contributed by atoms with Crippen molar-refractivity contribution in [1.29, 1.82) is 0 Å². The minimum atomic E-state index is 0.371. The van der Waals surface area contributed by atoms with Gasteiger partial charge in [-0.2, -0.15) is 0 Å². The Morgan fingerprint density at radius 1 is 1.62 bits per heavy atom. The Kier molecular flexibility index (Phi) is 1.36. The molecule has 2 heteroatoms. The minimum absolute atomic E-state index is 0.371. The number of aromatic nitrogens is 1. The monoisotopic (exact) mass is 125 g/mol. The smallest absolute Gasteiger partial charge is 0.180 e. The van der Waals surface area contributed by atoms with Crippen LogP contribution in [-0.4, -0.2) is 4.98 Å². The van der Waals surface area contributed by atoms with Crippen LogP contribution >= 0.6 is 11.6 Å². The highest BCUT2D eigenvalue weighted by atomic mass is 35.5. The molecule has 1 nitrogen and oxygen atoms in total. The average molecular weight is 126 g/mol. The highest BCUT2D eigenvalue weighted by Gasteiger charge is 1.80. The quantitative estimate of drug-likeness (QED) is 0.514. The molecule has 40 valence electrons. The molecule has 0 radical (unpaired) electrons. The van der Waals surface area contributed by atoms with E-state index in [-0.39, 0.29) is 0 Å². The molecule has 0 N–H and O–H groups in total. The summed E-state index contributed by atoms with van der Waals surface area (Å²) in [6, 6.07) is 5.41. The van der Waals surface area contributed by atoms with E-state index in [0.717, 1.165) is 5.56 Å². The SMILES string of the molecule is Cc1c#cc(Cl)nc1. The number of rotatable bonds is 0. The molecule has 1 heterocycles. The van der Waals surface area contributed by atoms with Gasteiger partial charge in [-0.05, 0) is 13.0 Å². The molecule has 1 aromatic heterocycles. The molecule has 0 aliphatic rings. The van der Waals surface area contributed by atoms with Gasteiger partial charge in [-0.1, -0.05) is 17.7 Å². The maximum absolute atomic E-state index is 5.41. The van der Waals surface area contributed by atoms with Crippen LogP contribution in [0.1, 0.15) is 5.56 Å². The topological polar surface area (TPSA) is 12.9 Å². The first-order valence-corrected chi connectivity index (χ1v) is 2.59. The molecule has 0 atom stereocenters. The van der Waals surface area contributed by atoms with Crippen LogP contribution in [0.15, 0.2) is 6.20 Å². The van der Waals surface area contributed by atoms with Crippen molar-refractivity contribution in [3.8, 4) is 0 Å². The lowest BCUT2D eigenvalue weighted by Gasteiger charge is -1.80. The van der Waals surface area contributed by atoms with Gasteiger partial charge < -0.3 is 0 Å². The van der Waals surface area contributed by atoms with Crippen molar-refractivity contribution in [2.45, 2.75) is 6.92 Å². The van der Waals surface area contributed by atoms with Gasteiger partial charge in [-0.25, -0.2) is 4.98 Å². The molecule has 0 unspecified atom stereocenters. The fourth-order valence-corrected chi connectivity index (χ4v) is 0.464. The molecule has 0 aromatic carbocycles. The minimum Gasteiger partial charge on any atom is -0.235 e. The van der Waals surface area contributed by atoms with Crippen molar-refractivity contribution < 1.29 is 0 Å². The number of aryl methyl sites for hydroxylation is 1. The molecular weight excluding hydrogens is 122 g/mol. The van der Waals surface area contributed by atoms with Gasteiger partial charge in [0.15, 0.2) is 5.15 Å². The van der Waals surface area contributed by atoms with Gasteiger partial charge in [-0.3, -0.25) is 0 Å². The third kappa shape index (κ3) is 1.11. The van der Waals surface area contributed by atoms with E-state index in [1.165, 1.54) is 0 Å². The van der Waals surface area contributed by atoms with E-state index in [0.29, 0.717) is 5.15 Å². The maximum atomic E-state index is 5.41. The van der Waals surface area contributed by atoms with Crippen molar-refractivity contribution >= 4 is 11.6 Å². The van der Waals surface area contributed by atoms with E-state index in [2.05, 4.69) is 17.1 Å². The van der Waals surface area contributed by atoms with Crippen molar-refractivity contribution in [2.24, 2.45) is 0 Å². The van der Waals surface area contributed by atoms with Crippen molar-refractivity contribution in [3.63, 3.8) is 0 Å². The second-order valence-electron chi connectivity index (χ2n) is 1.48. The molecule has 1 rings (SSSR count). The number of halogens is 1. The van der Waals surface area contributed by atoms with Crippen molar-refractivity contribution in [2.75, 3.05) is 0 Å². The standard InChI is InChI=1S/C6H4ClN/c1-5-2-3-6(7)8-4-5/h4H,1H3. The number of hydrogen-bond donors (Lipinski definition) is 0. The Hall–Kier alpha value is -0.740. The van der Waals surface area contributed by atoms with Crippen LogP contribution in [0.4, 0.5) is 0 Å². The van der Waals surface area contributed by atoms with Gasteiger partial charge >= 0.3 is 0 Å². The lowest BCUT2D eigenvalue weighted by molar-refractivity contribution is 1.28. The van der Waals surface area contributed by atoms with Crippen LogP contribution in [0.5, 0.6) is 0 Å². The first-order valence-electron chi connectivity index (χ1n) is 2.21. The normalized spacial score (nSPS) is 8.25. The highest BCUT2D eigenvalue weighted by molar-refractivity contribution is 6.29. The van der Waals surface area contributed by atoms with Gasteiger partial charge in [0.2, 0.25) is 0 Å². The second-order valence-corrected chi connectivity index (χ2v) is 1.84. The fraction of sp³-hybridized carbons (Fsp3) is 0.167. The summed E-state index contributed by atoms with van der Waals surface area (Å²) in [7, 11) is 0. The summed E-state index contributed by atoms with van der Waals surface area (Å²) in [6.07, 6.45) is 1.65. The Morgan fingerprint density at radius 3 is 2.75 bits per heavy atom. The third-order valence-corrected chi connectivity index (χ3v) is 0.926. The molecule has 0 fully saturated rings. The predicted octanol–water partition coefficient (Wildman–Crippen LogP) is 1.64. The summed E-state index contributed by atoms with van der Waals surface area (Å²) in [6.45, 7) is 1.89. The average Bonchev–Trinajstić information content (AvgIpc) is 1.77. The summed E-state index contributed by atoms with van der Waals surface area (Å²) in [4.78, 5) is 3.76. The summed E-state index contributed by atoms with van der Waals surface area (Å²) < 4.78 is 0. The molecule has 1 aromatic rings. The van der Waals surface area contributed by atoms with E-state index in [4.69, 9.17) is 11.6 Å². The molecule has 0 aliphatic heterocycles. The fourth-order valence-electron chi connectivity index (χ4n) is 0.368. The number of hydrogen-bond acceptors (Lipinski definition) is 1. The molecule has 0 saturated carbocycles. The van der Waals surface area contributed by atoms with Crippen molar-refractivity contribution in [3.05, 3.63) is 29.0 Å². The number of nitrogens with zero attached hydrogens (tertiary/aromatic N) is 1. The molecule has 0 spiro atoms. The van der Waals surface area contributed by atoms with Gasteiger partial charge in [0.05, 0.1) is 0 Å². The largest absolute Gasteiger partial charge is 0.235 e. The van der Waals surface area contributed by atoms with Gasteiger partial charge in [0, 0.05) is 11.8 Å². The summed E-state index contributed by atoms with van der Waals surface area (Å²) in [5.74, 6) is 0. The Labute approximate surface area is 53.3 Å². The molecule has 0 bridgehead atoms. The van der Waals surface area contributed by atoms with Gasteiger partial charge in [0.1, 0.15) is 0 Å². The first-order chi connectivity index (χ1) is 3.79. The van der Waals surface area contributed by atoms with Crippen LogP contribution < -0.4 is 0 Å². The van der Waals surface area contributed by atoms with Crippen LogP contribution in [0, 0.1) is 19.1 Å². The van der Waals surface area contributed by atoms with E-state index in [1.54, 1.807) is 6.20 Å². The molecule has 0 saturated heterocycles. The zero-order valence-corrected chi connectivity index (χ0v) is 5.16. The maximum Gasteiger partial charge on any atom is 0.180 e. The Morgan fingerprint density at radius 2 is 2.38 bits per heavy atom. The first kappa shape index (κ1) is 5.40. The predicted molar refractivity (Wildman–Crippen MR) is 31.7 cm³/mol. The van der Waals surface area contributed by atoms with Crippen LogP contribution in [0.3, 0.4) is 0 Å². The van der Waals surface area contributed by atoms with Gasteiger partial charge in [-0.15, -0.1) is 0 Å². The molecule has 0 amide bonds. The summed E-state index contributed by atoms with van der Waals surface area (Å²) >= 11 is 5.41. The van der Waals surface area contributed by atoms with Crippen LogP contribution in [0.25, 0.3) is 0 Å². The van der Waals surface area contributed by atoms with Crippen LogP contribution in [0.2, 0.25) is 5.15 Å². The van der Waals surface area contributed by atoms with E-state index in [1.807, 2.05) is 6.92 Å². The second kappa shape index (κ2) is 2.02. The zero-order chi connectivity index (χ0) is 5.98. The summed E-state index contributed by atoms with van der Waals surface area (Å²) in [5, 5.41) is 0.371. The molecule has 0 aliphatic carbocycles. The van der Waals surface area contributed by atoms with Crippen molar-refractivity contribution in [1.82, 2.24) is 4.98 Å². The Balaban J connectivity index is 3.03. The van der Waals surface area contributed by atoms with E-state index < -0.39 is 0 Å². The lowest BCUT2D eigenvalue weighted by Crippen LogP contribution is -1.70. The van der Waals surface area contributed by atoms with E-state index >= 15 is 0 Å². The Bertz CT molecular complexity index is 147. The van der Waals surface area contributed by atoms with Crippen LogP contribution in [-0.2, 0) is 0 Å².